The molecule has 0 aromatic carbocycles. The van der Waals surface area contributed by atoms with E-state index in [4.69, 9.17) is 4.74 Å². The number of piperidine rings is 2. The van der Waals surface area contributed by atoms with Gasteiger partial charge in [0.05, 0.1) is 6.61 Å². The number of hydrogen-bond donors (Lipinski definition) is 1. The standard InChI is InChI=1S/C15H29N3O2/c1-17-9-5-14(6-10-17)18-8-3-4-13(12-18)16-15(19)7-11-20-2/h13-14H,3-12H2,1-2H3,(H,16,19)/t13-/m1/s1. The van der Waals surface area contributed by atoms with E-state index >= 15 is 0 Å². The summed E-state index contributed by atoms with van der Waals surface area (Å²) in [5.74, 6) is 0.127. The van der Waals surface area contributed by atoms with Crippen LogP contribution in [0.1, 0.15) is 32.1 Å². The van der Waals surface area contributed by atoms with Crippen LogP contribution < -0.4 is 5.32 Å². The van der Waals surface area contributed by atoms with Gasteiger partial charge in [-0.05, 0) is 52.4 Å². The topological polar surface area (TPSA) is 44.8 Å². The van der Waals surface area contributed by atoms with Gasteiger partial charge in [-0.1, -0.05) is 0 Å². The summed E-state index contributed by atoms with van der Waals surface area (Å²) in [5, 5.41) is 3.16. The van der Waals surface area contributed by atoms with Crippen molar-refractivity contribution in [1.29, 1.82) is 0 Å². The van der Waals surface area contributed by atoms with Crippen LogP contribution in [-0.4, -0.2) is 74.7 Å². The third-order valence-electron chi connectivity index (χ3n) is 4.56. The Morgan fingerprint density at radius 1 is 1.25 bits per heavy atom. The lowest BCUT2D eigenvalue weighted by Crippen LogP contribution is -2.53. The Balaban J connectivity index is 1.75. The van der Waals surface area contributed by atoms with Gasteiger partial charge in [-0.15, -0.1) is 0 Å². The molecule has 20 heavy (non-hydrogen) atoms. The number of ether oxygens (including phenoxy) is 1. The highest BCUT2D eigenvalue weighted by Gasteiger charge is 2.28. The first-order valence-electron chi connectivity index (χ1n) is 7.90. The van der Waals surface area contributed by atoms with Crippen molar-refractivity contribution in [2.45, 2.75) is 44.2 Å². The zero-order chi connectivity index (χ0) is 14.4. The summed E-state index contributed by atoms with van der Waals surface area (Å²) in [4.78, 5) is 16.8. The molecule has 0 unspecified atom stereocenters. The van der Waals surface area contributed by atoms with E-state index in [9.17, 15) is 4.79 Å². The van der Waals surface area contributed by atoms with Crippen LogP contribution in [0.15, 0.2) is 0 Å². The second kappa shape index (κ2) is 7.96. The molecule has 1 atom stereocenters. The highest BCUT2D eigenvalue weighted by atomic mass is 16.5. The predicted molar refractivity (Wildman–Crippen MR) is 79.7 cm³/mol. The third kappa shape index (κ3) is 4.72. The molecule has 0 bridgehead atoms. The Labute approximate surface area is 122 Å². The zero-order valence-corrected chi connectivity index (χ0v) is 12.9. The van der Waals surface area contributed by atoms with Crippen molar-refractivity contribution in [3.8, 4) is 0 Å². The lowest BCUT2D eigenvalue weighted by atomic mass is 9.98. The highest BCUT2D eigenvalue weighted by Crippen LogP contribution is 2.20. The molecular formula is C15H29N3O2. The number of hydrogen-bond acceptors (Lipinski definition) is 4. The fourth-order valence-electron chi connectivity index (χ4n) is 3.31. The molecule has 0 aromatic rings. The highest BCUT2D eigenvalue weighted by molar-refractivity contribution is 5.76. The maximum atomic E-state index is 11.8. The van der Waals surface area contributed by atoms with Crippen LogP contribution in [0.4, 0.5) is 0 Å². The third-order valence-corrected chi connectivity index (χ3v) is 4.56. The SMILES string of the molecule is COCCC(=O)N[C@@H]1CCCN(C2CCN(C)CC2)C1. The van der Waals surface area contributed by atoms with Gasteiger partial charge in [0.25, 0.3) is 0 Å². The van der Waals surface area contributed by atoms with Crippen LogP contribution >= 0.6 is 0 Å². The predicted octanol–water partition coefficient (Wildman–Crippen LogP) is 0.698. The van der Waals surface area contributed by atoms with Crippen LogP contribution in [0.3, 0.4) is 0 Å². The van der Waals surface area contributed by atoms with Crippen molar-refractivity contribution >= 4 is 5.91 Å². The van der Waals surface area contributed by atoms with Crippen molar-refractivity contribution in [3.63, 3.8) is 0 Å². The van der Waals surface area contributed by atoms with Crippen molar-refractivity contribution in [2.24, 2.45) is 0 Å². The molecule has 0 spiro atoms. The molecule has 5 heteroatoms. The molecule has 2 rings (SSSR count). The number of carbonyl (C=O) groups excluding carboxylic acids is 1. The largest absolute Gasteiger partial charge is 0.384 e. The molecule has 1 N–H and O–H groups in total. The number of methoxy groups -OCH3 is 1. The minimum absolute atomic E-state index is 0.127. The van der Waals surface area contributed by atoms with Crippen LogP contribution in [-0.2, 0) is 9.53 Å². The number of amides is 1. The summed E-state index contributed by atoms with van der Waals surface area (Å²) in [6.07, 6.45) is 5.31. The Bertz CT molecular complexity index is 303. The Morgan fingerprint density at radius 2 is 2.00 bits per heavy atom. The van der Waals surface area contributed by atoms with Crippen LogP contribution in [0, 0.1) is 0 Å². The second-order valence-electron chi connectivity index (χ2n) is 6.18. The minimum Gasteiger partial charge on any atom is -0.384 e. The molecule has 2 aliphatic rings. The minimum atomic E-state index is 0.127. The molecule has 2 fully saturated rings. The number of likely N-dealkylation sites (tertiary alicyclic amines) is 2. The fourth-order valence-corrected chi connectivity index (χ4v) is 3.31. The summed E-state index contributed by atoms with van der Waals surface area (Å²) in [5.41, 5.74) is 0. The number of nitrogens with zero attached hydrogens (tertiary/aromatic N) is 2. The summed E-state index contributed by atoms with van der Waals surface area (Å²) in [7, 11) is 3.83. The molecule has 0 saturated carbocycles. The lowest BCUT2D eigenvalue weighted by molar-refractivity contribution is -0.123. The molecule has 1 amide bonds. The molecule has 0 radical (unpaired) electrons. The van der Waals surface area contributed by atoms with E-state index < -0.39 is 0 Å². The van der Waals surface area contributed by atoms with E-state index in [1.165, 1.54) is 38.9 Å². The van der Waals surface area contributed by atoms with E-state index in [2.05, 4.69) is 22.2 Å². The van der Waals surface area contributed by atoms with Crippen molar-refractivity contribution in [2.75, 3.05) is 46.9 Å². The van der Waals surface area contributed by atoms with Crippen LogP contribution in [0.25, 0.3) is 0 Å². The molecule has 2 aliphatic heterocycles. The molecule has 2 heterocycles. The van der Waals surface area contributed by atoms with Gasteiger partial charge in [0.2, 0.25) is 5.91 Å². The average Bonchev–Trinajstić information content (AvgIpc) is 2.46. The maximum absolute atomic E-state index is 11.8. The quantitative estimate of drug-likeness (QED) is 0.807. The van der Waals surface area contributed by atoms with Crippen LogP contribution in [0.2, 0.25) is 0 Å². The first kappa shape index (κ1) is 15.7. The van der Waals surface area contributed by atoms with Gasteiger partial charge >= 0.3 is 0 Å². The van der Waals surface area contributed by atoms with E-state index in [-0.39, 0.29) is 5.91 Å². The van der Waals surface area contributed by atoms with E-state index in [1.54, 1.807) is 7.11 Å². The van der Waals surface area contributed by atoms with Crippen LogP contribution in [0.5, 0.6) is 0 Å². The van der Waals surface area contributed by atoms with Gasteiger partial charge in [-0.3, -0.25) is 9.69 Å². The van der Waals surface area contributed by atoms with Crippen molar-refractivity contribution < 1.29 is 9.53 Å². The van der Waals surface area contributed by atoms with E-state index in [1.807, 2.05) is 0 Å². The first-order chi connectivity index (χ1) is 9.69. The summed E-state index contributed by atoms with van der Waals surface area (Å²) >= 11 is 0. The summed E-state index contributed by atoms with van der Waals surface area (Å²) in [6, 6.07) is 1.04. The van der Waals surface area contributed by atoms with E-state index in [0.717, 1.165) is 13.0 Å². The van der Waals surface area contributed by atoms with Gasteiger partial charge in [0.15, 0.2) is 0 Å². The lowest BCUT2D eigenvalue weighted by Gasteiger charge is -2.41. The Hall–Kier alpha value is -0.650. The zero-order valence-electron chi connectivity index (χ0n) is 12.9. The van der Waals surface area contributed by atoms with Crippen molar-refractivity contribution in [1.82, 2.24) is 15.1 Å². The van der Waals surface area contributed by atoms with Crippen molar-refractivity contribution in [3.05, 3.63) is 0 Å². The monoisotopic (exact) mass is 283 g/mol. The molecule has 2 saturated heterocycles. The van der Waals surface area contributed by atoms with Gasteiger partial charge in [0.1, 0.15) is 0 Å². The molecule has 116 valence electrons. The summed E-state index contributed by atoms with van der Waals surface area (Å²) < 4.78 is 4.95. The molecule has 5 nitrogen and oxygen atoms in total. The molecule has 0 aromatic heterocycles. The van der Waals surface area contributed by atoms with Gasteiger partial charge in [-0.2, -0.15) is 0 Å². The van der Waals surface area contributed by atoms with E-state index in [0.29, 0.717) is 25.1 Å². The average molecular weight is 283 g/mol. The second-order valence-corrected chi connectivity index (χ2v) is 6.18. The Kier molecular flexibility index (Phi) is 6.26. The molecular weight excluding hydrogens is 254 g/mol. The number of rotatable bonds is 5. The first-order valence-corrected chi connectivity index (χ1v) is 7.90. The smallest absolute Gasteiger partial charge is 0.222 e. The van der Waals surface area contributed by atoms with Gasteiger partial charge < -0.3 is 15.0 Å². The Morgan fingerprint density at radius 3 is 2.70 bits per heavy atom. The fraction of sp³-hybridized carbons (Fsp3) is 0.933. The van der Waals surface area contributed by atoms with Gasteiger partial charge in [-0.25, -0.2) is 0 Å². The van der Waals surface area contributed by atoms with Gasteiger partial charge in [0, 0.05) is 32.2 Å². The summed E-state index contributed by atoms with van der Waals surface area (Å²) in [6.45, 7) is 5.13. The normalized spacial score (nSPS) is 26.6. The maximum Gasteiger partial charge on any atom is 0.222 e. The molecule has 0 aliphatic carbocycles. The number of nitrogens with one attached hydrogen (secondary N) is 1. The number of carbonyl (C=O) groups is 1.